The fourth-order valence-corrected chi connectivity index (χ4v) is 11.5. The third-order valence-corrected chi connectivity index (χ3v) is 14.6. The van der Waals surface area contributed by atoms with E-state index in [4.69, 9.17) is 0 Å². The molecular formula is C67H44N2. The van der Waals surface area contributed by atoms with Gasteiger partial charge in [-0.15, -0.1) is 0 Å². The first kappa shape index (κ1) is 39.2. The molecule has 0 saturated heterocycles. The van der Waals surface area contributed by atoms with Crippen LogP contribution in [0.4, 0.5) is 0 Å². The molecule has 0 spiro atoms. The van der Waals surface area contributed by atoms with E-state index in [1.807, 2.05) is 0 Å². The number of rotatable bonds is 4. The summed E-state index contributed by atoms with van der Waals surface area (Å²) in [6.07, 6.45) is 15.9. The van der Waals surface area contributed by atoms with Crippen LogP contribution < -0.4 is 0 Å². The molecule has 0 bridgehead atoms. The van der Waals surface area contributed by atoms with Crippen molar-refractivity contribution in [2.75, 3.05) is 0 Å². The average molecular weight is 877 g/mol. The van der Waals surface area contributed by atoms with Crippen LogP contribution in [0.5, 0.6) is 0 Å². The zero-order valence-corrected chi connectivity index (χ0v) is 37.9. The van der Waals surface area contributed by atoms with Crippen molar-refractivity contribution in [3.8, 4) is 27.9 Å². The molecule has 2 aromatic heterocycles. The van der Waals surface area contributed by atoms with Crippen molar-refractivity contribution in [1.29, 1.82) is 0 Å². The van der Waals surface area contributed by atoms with Crippen LogP contribution in [0.1, 0.15) is 6.42 Å². The molecule has 2 heteroatoms. The van der Waals surface area contributed by atoms with Gasteiger partial charge in [0.25, 0.3) is 0 Å². The zero-order chi connectivity index (χ0) is 45.6. The molecule has 0 fully saturated rings. The van der Waals surface area contributed by atoms with Crippen molar-refractivity contribution in [2.45, 2.75) is 6.42 Å². The summed E-state index contributed by atoms with van der Waals surface area (Å²) in [7, 11) is 0. The van der Waals surface area contributed by atoms with Gasteiger partial charge >= 0.3 is 0 Å². The summed E-state index contributed by atoms with van der Waals surface area (Å²) in [6, 6.07) is 74.5. The Labute approximate surface area is 399 Å². The molecule has 0 N–H and O–H groups in total. The van der Waals surface area contributed by atoms with E-state index in [9.17, 15) is 0 Å². The van der Waals surface area contributed by atoms with Crippen molar-refractivity contribution >= 4 is 103 Å². The van der Waals surface area contributed by atoms with Crippen LogP contribution in [0, 0.1) is 0 Å². The largest absolute Gasteiger partial charge is 0.309 e. The molecule has 69 heavy (non-hydrogen) atoms. The van der Waals surface area contributed by atoms with Crippen molar-refractivity contribution < 1.29 is 0 Å². The molecule has 11 aromatic carbocycles. The Balaban J connectivity index is 0.909. The number of aromatic nitrogens is 2. The summed E-state index contributed by atoms with van der Waals surface area (Å²) < 4.78 is 4.80. The topological polar surface area (TPSA) is 9.86 Å². The van der Waals surface area contributed by atoms with E-state index < -0.39 is 0 Å². The normalized spacial score (nSPS) is 15.5. The average Bonchev–Trinajstić information content (AvgIpc) is 3.92. The van der Waals surface area contributed by atoms with E-state index in [1.165, 1.54) is 114 Å². The SMILES string of the molecule is C=C1/C=C\C=C/C/C=C\C=C/1n1c2ccccc2c2cc(-c3ccc4c(c3)c3ccccc3n4-c3ccc(-c4cc5c6ccccc6c6ccccc6c5c5c4ccc4ccccc45)cc3)ccc21. The second-order valence-corrected chi connectivity index (χ2v) is 18.4. The molecule has 0 saturated carbocycles. The summed E-state index contributed by atoms with van der Waals surface area (Å²) in [5.41, 5.74) is 12.7. The van der Waals surface area contributed by atoms with E-state index in [-0.39, 0.29) is 0 Å². The highest BCUT2D eigenvalue weighted by atomic mass is 15.0. The van der Waals surface area contributed by atoms with E-state index in [2.05, 4.69) is 258 Å². The third kappa shape index (κ3) is 6.06. The molecule has 13 aromatic rings. The fourth-order valence-electron chi connectivity index (χ4n) is 11.5. The summed E-state index contributed by atoms with van der Waals surface area (Å²) >= 11 is 0. The highest BCUT2D eigenvalue weighted by Crippen LogP contribution is 2.46. The van der Waals surface area contributed by atoms with E-state index in [0.717, 1.165) is 28.9 Å². The molecular weight excluding hydrogens is 833 g/mol. The van der Waals surface area contributed by atoms with Crippen LogP contribution in [-0.4, -0.2) is 9.13 Å². The number of allylic oxidation sites excluding steroid dienone is 9. The van der Waals surface area contributed by atoms with Crippen LogP contribution in [0.3, 0.4) is 0 Å². The quantitative estimate of drug-likeness (QED) is 0.156. The molecule has 0 atom stereocenters. The lowest BCUT2D eigenvalue weighted by Crippen LogP contribution is -1.98. The molecule has 0 aliphatic heterocycles. The second kappa shape index (κ2) is 15.6. The first-order chi connectivity index (χ1) is 34.2. The summed E-state index contributed by atoms with van der Waals surface area (Å²) in [5, 5.41) is 17.8. The maximum absolute atomic E-state index is 4.50. The fraction of sp³-hybridized carbons (Fsp3) is 0.0149. The van der Waals surface area contributed by atoms with Crippen molar-refractivity contribution in [2.24, 2.45) is 0 Å². The van der Waals surface area contributed by atoms with Crippen molar-refractivity contribution in [3.63, 3.8) is 0 Å². The van der Waals surface area contributed by atoms with Gasteiger partial charge in [0.05, 0.1) is 27.8 Å². The number of benzene rings is 11. The minimum absolute atomic E-state index is 0.893. The molecule has 0 unspecified atom stereocenters. The van der Waals surface area contributed by atoms with Gasteiger partial charge in [0, 0.05) is 27.2 Å². The zero-order valence-electron chi connectivity index (χ0n) is 37.9. The maximum atomic E-state index is 4.50. The Bertz CT molecular complexity index is 4440. The van der Waals surface area contributed by atoms with Crippen molar-refractivity contribution in [1.82, 2.24) is 9.13 Å². The standard InChI is InChI=1S/C67H44N2/c1-43-18-6-4-2-3-5-7-27-61(43)69-63-29-17-15-25-54(63)59-41-47(34-39-65(59)69)46-33-38-64-58(40-46)53-24-14-16-28-62(53)68(64)48-35-30-45(31-36-48)57-42-60-52-23-11-10-21-50(52)51-22-12-13-26-55(51)67(60)66-49-20-9-8-19-44(49)32-37-56(57)66/h2,4-42H,1,3H2/b4-2-,7-5-,18-6-,61-27+. The highest BCUT2D eigenvalue weighted by molar-refractivity contribution is 6.36. The Hall–Kier alpha value is -8.98. The molecule has 1 aliphatic rings. The van der Waals surface area contributed by atoms with Gasteiger partial charge in [-0.3, -0.25) is 0 Å². The van der Waals surface area contributed by atoms with Gasteiger partial charge in [0.2, 0.25) is 0 Å². The number of fused-ring (bicyclic) bond motifs is 16. The Kier molecular flexibility index (Phi) is 8.84. The summed E-state index contributed by atoms with van der Waals surface area (Å²) in [6.45, 7) is 4.50. The predicted octanol–water partition coefficient (Wildman–Crippen LogP) is 18.5. The first-order valence-electron chi connectivity index (χ1n) is 23.9. The van der Waals surface area contributed by atoms with Gasteiger partial charge in [-0.1, -0.05) is 189 Å². The number of hydrogen-bond donors (Lipinski definition) is 0. The lowest BCUT2D eigenvalue weighted by molar-refractivity contribution is 1.18. The maximum Gasteiger partial charge on any atom is 0.0541 e. The van der Waals surface area contributed by atoms with Gasteiger partial charge in [0.15, 0.2) is 0 Å². The Morgan fingerprint density at radius 2 is 0.870 bits per heavy atom. The minimum atomic E-state index is 0.893. The minimum Gasteiger partial charge on any atom is -0.309 e. The molecule has 0 radical (unpaired) electrons. The summed E-state index contributed by atoms with van der Waals surface area (Å²) in [5.74, 6) is 0. The number of para-hydroxylation sites is 2. The van der Waals surface area contributed by atoms with Gasteiger partial charge in [0.1, 0.15) is 0 Å². The lowest BCUT2D eigenvalue weighted by Gasteiger charge is -2.18. The molecule has 0 amide bonds. The van der Waals surface area contributed by atoms with Crippen LogP contribution >= 0.6 is 0 Å². The van der Waals surface area contributed by atoms with E-state index >= 15 is 0 Å². The van der Waals surface area contributed by atoms with E-state index in [0.29, 0.717) is 0 Å². The number of hydrogen-bond acceptors (Lipinski definition) is 0. The lowest BCUT2D eigenvalue weighted by atomic mass is 9.85. The third-order valence-electron chi connectivity index (χ3n) is 14.6. The number of nitrogens with zero attached hydrogens (tertiary/aromatic N) is 2. The van der Waals surface area contributed by atoms with Crippen LogP contribution in [0.25, 0.3) is 131 Å². The Morgan fingerprint density at radius 1 is 0.348 bits per heavy atom. The van der Waals surface area contributed by atoms with E-state index in [1.54, 1.807) is 0 Å². The van der Waals surface area contributed by atoms with Gasteiger partial charge < -0.3 is 9.13 Å². The molecule has 322 valence electrons. The second-order valence-electron chi connectivity index (χ2n) is 18.4. The highest BCUT2D eigenvalue weighted by Gasteiger charge is 2.20. The van der Waals surface area contributed by atoms with Gasteiger partial charge in [-0.25, -0.2) is 0 Å². The van der Waals surface area contributed by atoms with Gasteiger partial charge in [-0.05, 0) is 149 Å². The molecule has 2 heterocycles. The molecule has 14 rings (SSSR count). The van der Waals surface area contributed by atoms with Gasteiger partial charge in [-0.2, -0.15) is 0 Å². The predicted molar refractivity (Wildman–Crippen MR) is 298 cm³/mol. The molecule has 2 nitrogen and oxygen atoms in total. The van der Waals surface area contributed by atoms with Crippen molar-refractivity contribution in [3.05, 3.63) is 255 Å². The summed E-state index contributed by atoms with van der Waals surface area (Å²) in [4.78, 5) is 0. The monoisotopic (exact) mass is 876 g/mol. The Morgan fingerprint density at radius 3 is 1.58 bits per heavy atom. The first-order valence-corrected chi connectivity index (χ1v) is 23.9. The van der Waals surface area contributed by atoms with Crippen LogP contribution in [0.2, 0.25) is 0 Å². The van der Waals surface area contributed by atoms with Crippen LogP contribution in [0.15, 0.2) is 255 Å². The smallest absolute Gasteiger partial charge is 0.0541 e. The molecule has 1 aliphatic carbocycles. The van der Waals surface area contributed by atoms with Crippen LogP contribution in [-0.2, 0) is 0 Å².